The molecule has 2 aliphatic heterocycles. The zero-order valence-corrected chi connectivity index (χ0v) is 16.7. The molecule has 1 aromatic carbocycles. The second kappa shape index (κ2) is 6.98. The summed E-state index contributed by atoms with van der Waals surface area (Å²) in [7, 11) is 0. The molecule has 1 aromatic heterocycles. The van der Waals surface area contributed by atoms with Crippen molar-refractivity contribution in [1.29, 1.82) is 0 Å². The van der Waals surface area contributed by atoms with Gasteiger partial charge in [-0.05, 0) is 6.92 Å². The number of thioether (sulfide) groups is 1. The molecule has 0 spiro atoms. The molecule has 2 aromatic rings. The number of nitrogens with two attached hydrogens (primary N) is 1. The summed E-state index contributed by atoms with van der Waals surface area (Å²) in [5, 5.41) is 9.39. The third kappa shape index (κ3) is 2.76. The molecule has 0 radical (unpaired) electrons. The fraction of sp³-hybridized carbons (Fsp3) is 0.389. The molecule has 0 aliphatic carbocycles. The van der Waals surface area contributed by atoms with E-state index in [9.17, 15) is 19.5 Å². The fourth-order valence-corrected chi connectivity index (χ4v) is 5.62. The van der Waals surface area contributed by atoms with Gasteiger partial charge in [-0.3, -0.25) is 4.79 Å². The maximum atomic E-state index is 12.1. The third-order valence-electron chi connectivity index (χ3n) is 5.44. The standard InChI is InChI=1S/C18H18N2O6S.ClH/c1-8(11-12(26-17(24)25-11)9-6-4-3-5-7-9)18(2)13(16(22)23)20-14(21)10(19)15(20)27-18;/h3-8,10,13,15H,19H2,1-2H3,(H,22,23);1H/t8?,10-,13+,15-,18?;/m1./s1. The largest absolute Gasteiger partial charge is 0.519 e. The van der Waals surface area contributed by atoms with Gasteiger partial charge >= 0.3 is 11.8 Å². The Morgan fingerprint density at radius 1 is 1.29 bits per heavy atom. The number of aliphatic carboxylic acids is 1. The van der Waals surface area contributed by atoms with Crippen LogP contribution in [0.15, 0.2) is 44.0 Å². The van der Waals surface area contributed by atoms with E-state index in [-0.39, 0.29) is 29.8 Å². The lowest BCUT2D eigenvalue weighted by Gasteiger charge is -2.41. The van der Waals surface area contributed by atoms with Crippen LogP contribution in [0.4, 0.5) is 0 Å². The van der Waals surface area contributed by atoms with E-state index < -0.39 is 39.9 Å². The van der Waals surface area contributed by atoms with Crippen molar-refractivity contribution in [3.8, 4) is 11.3 Å². The zero-order chi connectivity index (χ0) is 19.5. The average molecular weight is 427 g/mol. The molecule has 0 saturated carbocycles. The number of halogens is 1. The summed E-state index contributed by atoms with van der Waals surface area (Å²) in [6, 6.07) is 7.16. The van der Waals surface area contributed by atoms with E-state index in [0.717, 1.165) is 0 Å². The van der Waals surface area contributed by atoms with Crippen LogP contribution in [0, 0.1) is 0 Å². The maximum Gasteiger partial charge on any atom is 0.519 e. The minimum atomic E-state index is -1.12. The molecular formula is C18H19ClN2O6S. The van der Waals surface area contributed by atoms with E-state index in [0.29, 0.717) is 5.56 Å². The van der Waals surface area contributed by atoms with Crippen LogP contribution in [0.5, 0.6) is 0 Å². The molecule has 8 nitrogen and oxygen atoms in total. The number of β-lactam (4-membered cyclic amide) rings is 1. The predicted molar refractivity (Wildman–Crippen MR) is 104 cm³/mol. The van der Waals surface area contributed by atoms with E-state index in [2.05, 4.69) is 0 Å². The number of carboxylic acids is 1. The molecule has 1 amide bonds. The first-order valence-electron chi connectivity index (χ1n) is 8.43. The highest BCUT2D eigenvalue weighted by Gasteiger charge is 2.66. The Balaban J connectivity index is 0.00000225. The fourth-order valence-electron chi connectivity index (χ4n) is 3.85. The van der Waals surface area contributed by atoms with Gasteiger partial charge in [-0.1, -0.05) is 37.3 Å². The number of amides is 1. The summed E-state index contributed by atoms with van der Waals surface area (Å²) in [5.74, 6) is -2.36. The van der Waals surface area contributed by atoms with Gasteiger partial charge in [-0.2, -0.15) is 0 Å². The monoisotopic (exact) mass is 426 g/mol. The van der Waals surface area contributed by atoms with Crippen LogP contribution >= 0.6 is 24.2 Å². The molecule has 150 valence electrons. The first-order chi connectivity index (χ1) is 12.8. The zero-order valence-electron chi connectivity index (χ0n) is 15.0. The van der Waals surface area contributed by atoms with Gasteiger partial charge in [0.25, 0.3) is 0 Å². The molecule has 10 heteroatoms. The van der Waals surface area contributed by atoms with E-state index in [1.165, 1.54) is 16.7 Å². The van der Waals surface area contributed by atoms with Crippen LogP contribution in [0.2, 0.25) is 0 Å². The third-order valence-corrected chi connectivity index (χ3v) is 7.29. The highest BCUT2D eigenvalue weighted by Crippen LogP contribution is 2.56. The molecule has 2 unspecified atom stereocenters. The number of carbonyl (C=O) groups is 2. The number of carboxylic acid groups (broad SMARTS) is 1. The molecule has 3 heterocycles. The molecule has 3 N–H and O–H groups in total. The molecule has 5 atom stereocenters. The number of hydrogen-bond donors (Lipinski definition) is 2. The Kier molecular flexibility index (Phi) is 5.11. The Morgan fingerprint density at radius 2 is 1.93 bits per heavy atom. The summed E-state index contributed by atoms with van der Waals surface area (Å²) in [4.78, 5) is 37.3. The average Bonchev–Trinajstić information content (AvgIpc) is 3.18. The number of hydrogen-bond acceptors (Lipinski definition) is 7. The number of rotatable bonds is 4. The van der Waals surface area contributed by atoms with Crippen molar-refractivity contribution >= 4 is 36.0 Å². The molecule has 4 rings (SSSR count). The van der Waals surface area contributed by atoms with Crippen molar-refractivity contribution in [2.45, 2.75) is 42.0 Å². The van der Waals surface area contributed by atoms with Gasteiger partial charge in [0, 0.05) is 11.5 Å². The Hall–Kier alpha value is -2.23. The van der Waals surface area contributed by atoms with Crippen molar-refractivity contribution in [2.24, 2.45) is 5.73 Å². The van der Waals surface area contributed by atoms with E-state index >= 15 is 0 Å². The smallest absolute Gasteiger partial charge is 0.480 e. The van der Waals surface area contributed by atoms with Crippen molar-refractivity contribution in [3.63, 3.8) is 0 Å². The van der Waals surface area contributed by atoms with E-state index in [4.69, 9.17) is 14.6 Å². The maximum absolute atomic E-state index is 12.1. The van der Waals surface area contributed by atoms with Gasteiger partial charge in [0.1, 0.15) is 17.5 Å². The lowest BCUT2D eigenvalue weighted by molar-refractivity contribution is -0.159. The van der Waals surface area contributed by atoms with Crippen LogP contribution in [-0.4, -0.2) is 44.1 Å². The van der Waals surface area contributed by atoms with Crippen LogP contribution in [0.25, 0.3) is 11.3 Å². The van der Waals surface area contributed by atoms with Crippen molar-refractivity contribution in [2.75, 3.05) is 0 Å². The van der Waals surface area contributed by atoms with Gasteiger partial charge in [0.15, 0.2) is 11.5 Å². The molecule has 2 fully saturated rings. The summed E-state index contributed by atoms with van der Waals surface area (Å²) in [6.45, 7) is 3.52. The summed E-state index contributed by atoms with van der Waals surface area (Å²) in [5.41, 5.74) is 6.51. The van der Waals surface area contributed by atoms with Gasteiger partial charge in [-0.15, -0.1) is 24.2 Å². The first-order valence-corrected chi connectivity index (χ1v) is 9.31. The summed E-state index contributed by atoms with van der Waals surface area (Å²) < 4.78 is 9.61. The lowest BCUT2D eigenvalue weighted by atomic mass is 9.83. The molecule has 2 aliphatic rings. The predicted octanol–water partition coefficient (Wildman–Crippen LogP) is 1.88. The summed E-state index contributed by atoms with van der Waals surface area (Å²) >= 11 is 1.32. The second-order valence-electron chi connectivity index (χ2n) is 6.94. The van der Waals surface area contributed by atoms with Crippen LogP contribution < -0.4 is 11.6 Å². The van der Waals surface area contributed by atoms with Crippen molar-refractivity contribution in [3.05, 3.63) is 46.7 Å². The Morgan fingerprint density at radius 3 is 2.54 bits per heavy atom. The number of nitrogens with zero attached hydrogens (tertiary/aromatic N) is 1. The number of fused-ring (bicyclic) bond motifs is 1. The number of carbonyl (C=O) groups excluding carboxylic acids is 1. The SMILES string of the molecule is CC(c1oc(=O)oc1-c1ccccc1)C1(C)S[C@@H]2[C@H](N)C(=O)N2[C@H]1C(=O)O.Cl. The highest BCUT2D eigenvalue weighted by molar-refractivity contribution is 8.01. The quantitative estimate of drug-likeness (QED) is 0.709. The van der Waals surface area contributed by atoms with Crippen LogP contribution in [-0.2, 0) is 9.59 Å². The number of benzene rings is 1. The Labute approximate surface area is 170 Å². The van der Waals surface area contributed by atoms with Crippen molar-refractivity contribution in [1.82, 2.24) is 4.90 Å². The molecule has 2 saturated heterocycles. The molecule has 0 bridgehead atoms. The van der Waals surface area contributed by atoms with E-state index in [1.54, 1.807) is 38.1 Å². The van der Waals surface area contributed by atoms with Gasteiger partial charge in [0.05, 0.1) is 4.75 Å². The summed E-state index contributed by atoms with van der Waals surface area (Å²) in [6.07, 6.45) is 0. The van der Waals surface area contributed by atoms with Gasteiger partial charge in [0.2, 0.25) is 5.91 Å². The second-order valence-corrected chi connectivity index (χ2v) is 8.54. The molecular weight excluding hydrogens is 408 g/mol. The lowest BCUT2D eigenvalue weighted by Crippen LogP contribution is -2.69. The minimum absolute atomic E-state index is 0. The van der Waals surface area contributed by atoms with Crippen molar-refractivity contribution < 1.29 is 23.5 Å². The Bertz CT molecular complexity index is 976. The van der Waals surface area contributed by atoms with E-state index in [1.807, 2.05) is 6.07 Å². The van der Waals surface area contributed by atoms with Crippen LogP contribution in [0.3, 0.4) is 0 Å². The first kappa shape index (κ1) is 20.5. The van der Waals surface area contributed by atoms with Gasteiger partial charge < -0.3 is 24.6 Å². The minimum Gasteiger partial charge on any atom is -0.480 e. The highest BCUT2D eigenvalue weighted by atomic mass is 35.5. The van der Waals surface area contributed by atoms with Crippen LogP contribution in [0.1, 0.15) is 25.5 Å². The topological polar surface area (TPSA) is 127 Å². The normalized spacial score (nSPS) is 29.6. The van der Waals surface area contributed by atoms with Gasteiger partial charge in [-0.25, -0.2) is 9.59 Å². The molecule has 28 heavy (non-hydrogen) atoms.